The Morgan fingerprint density at radius 3 is 2.88 bits per heavy atom. The van der Waals surface area contributed by atoms with Crippen LogP contribution >= 0.6 is 0 Å². The van der Waals surface area contributed by atoms with Crippen LogP contribution in [0.1, 0.15) is 16.9 Å². The number of amides is 1. The van der Waals surface area contributed by atoms with Gasteiger partial charge in [-0.25, -0.2) is 15.0 Å². The zero-order valence-corrected chi connectivity index (χ0v) is 14.6. The molecule has 9 nitrogen and oxygen atoms in total. The van der Waals surface area contributed by atoms with Gasteiger partial charge in [0.05, 0.1) is 25.0 Å². The van der Waals surface area contributed by atoms with Crippen LogP contribution in [-0.2, 0) is 11.8 Å². The summed E-state index contributed by atoms with van der Waals surface area (Å²) in [6.45, 7) is 1.10. The van der Waals surface area contributed by atoms with E-state index in [1.807, 2.05) is 32.1 Å². The lowest BCUT2D eigenvalue weighted by atomic mass is 10.0. The molecule has 0 unspecified atom stereocenters. The van der Waals surface area contributed by atoms with E-state index in [1.54, 1.807) is 17.1 Å². The quantitative estimate of drug-likeness (QED) is 0.803. The molecule has 25 heavy (non-hydrogen) atoms. The number of carbonyl (C=O) groups is 1. The molecule has 1 fully saturated rings. The SMILES string of the molecule is CN(C)c1cc(N[C@@H]2COCC[C@@H]2NC(=O)c2cn(C)cn2)ncn1. The molecule has 1 aliphatic heterocycles. The molecule has 2 aromatic rings. The molecule has 0 radical (unpaired) electrons. The lowest BCUT2D eigenvalue weighted by molar-refractivity contribution is 0.0618. The van der Waals surface area contributed by atoms with Crippen LogP contribution in [0.3, 0.4) is 0 Å². The molecule has 2 aromatic heterocycles. The van der Waals surface area contributed by atoms with Crippen LogP contribution in [0.25, 0.3) is 0 Å². The van der Waals surface area contributed by atoms with E-state index in [9.17, 15) is 4.79 Å². The fraction of sp³-hybridized carbons (Fsp3) is 0.500. The topological polar surface area (TPSA) is 97.2 Å². The predicted octanol–water partition coefficient (Wildman–Crippen LogP) is 0.276. The van der Waals surface area contributed by atoms with E-state index in [2.05, 4.69) is 25.6 Å². The van der Waals surface area contributed by atoms with Gasteiger partial charge in [-0.05, 0) is 6.42 Å². The molecule has 2 N–H and O–H groups in total. The number of aromatic nitrogens is 4. The van der Waals surface area contributed by atoms with Crippen molar-refractivity contribution >= 4 is 17.5 Å². The second kappa shape index (κ2) is 7.47. The van der Waals surface area contributed by atoms with Gasteiger partial charge in [-0.1, -0.05) is 0 Å². The van der Waals surface area contributed by atoms with Crippen LogP contribution in [0.5, 0.6) is 0 Å². The first-order valence-electron chi connectivity index (χ1n) is 8.15. The van der Waals surface area contributed by atoms with E-state index >= 15 is 0 Å². The van der Waals surface area contributed by atoms with Crippen molar-refractivity contribution in [3.05, 3.63) is 30.6 Å². The predicted molar refractivity (Wildman–Crippen MR) is 93.7 cm³/mol. The average molecular weight is 345 g/mol. The summed E-state index contributed by atoms with van der Waals surface area (Å²) in [5, 5.41) is 6.39. The Kier molecular flexibility index (Phi) is 5.13. The molecule has 9 heteroatoms. The molecule has 1 saturated heterocycles. The number of hydrogen-bond donors (Lipinski definition) is 2. The second-order valence-corrected chi connectivity index (χ2v) is 6.27. The zero-order chi connectivity index (χ0) is 17.8. The average Bonchev–Trinajstić information content (AvgIpc) is 3.03. The summed E-state index contributed by atoms with van der Waals surface area (Å²) in [6.07, 6.45) is 5.55. The lowest BCUT2D eigenvalue weighted by Gasteiger charge is -2.33. The Balaban J connectivity index is 1.68. The van der Waals surface area contributed by atoms with Crippen molar-refractivity contribution in [2.24, 2.45) is 7.05 Å². The summed E-state index contributed by atoms with van der Waals surface area (Å²) in [5.41, 5.74) is 0.407. The molecule has 2 atom stereocenters. The third-order valence-electron chi connectivity index (χ3n) is 4.05. The highest BCUT2D eigenvalue weighted by atomic mass is 16.5. The molecule has 1 aliphatic rings. The van der Waals surface area contributed by atoms with Crippen molar-refractivity contribution in [1.29, 1.82) is 0 Å². The van der Waals surface area contributed by atoms with Gasteiger partial charge in [0.1, 0.15) is 23.7 Å². The second-order valence-electron chi connectivity index (χ2n) is 6.27. The Labute approximate surface area is 146 Å². The molecule has 0 saturated carbocycles. The fourth-order valence-electron chi connectivity index (χ4n) is 2.69. The molecule has 0 spiro atoms. The van der Waals surface area contributed by atoms with E-state index < -0.39 is 0 Å². The molecule has 0 aromatic carbocycles. The van der Waals surface area contributed by atoms with E-state index in [0.29, 0.717) is 24.7 Å². The molecule has 3 heterocycles. The van der Waals surface area contributed by atoms with Gasteiger partial charge in [-0.3, -0.25) is 4.79 Å². The molecule has 1 amide bonds. The highest BCUT2D eigenvalue weighted by Gasteiger charge is 2.28. The fourth-order valence-corrected chi connectivity index (χ4v) is 2.69. The first kappa shape index (κ1) is 17.2. The number of nitrogens with one attached hydrogen (secondary N) is 2. The summed E-state index contributed by atoms with van der Waals surface area (Å²) >= 11 is 0. The van der Waals surface area contributed by atoms with Crippen molar-refractivity contribution < 1.29 is 9.53 Å². The van der Waals surface area contributed by atoms with E-state index in [4.69, 9.17) is 4.74 Å². The van der Waals surface area contributed by atoms with Crippen molar-refractivity contribution in [2.45, 2.75) is 18.5 Å². The number of aryl methyl sites for hydroxylation is 1. The highest BCUT2D eigenvalue weighted by molar-refractivity contribution is 5.92. The molecule has 3 rings (SSSR count). The monoisotopic (exact) mass is 345 g/mol. The van der Waals surface area contributed by atoms with E-state index in [0.717, 1.165) is 12.2 Å². The number of carbonyl (C=O) groups excluding carboxylic acids is 1. The van der Waals surface area contributed by atoms with Gasteiger partial charge in [0.2, 0.25) is 0 Å². The van der Waals surface area contributed by atoms with Gasteiger partial charge in [0.25, 0.3) is 5.91 Å². The normalized spacial score (nSPS) is 20.1. The van der Waals surface area contributed by atoms with Crippen LogP contribution in [0.2, 0.25) is 0 Å². The Bertz CT molecular complexity index is 731. The number of rotatable bonds is 5. The molecular weight excluding hydrogens is 322 g/mol. The van der Waals surface area contributed by atoms with Crippen LogP contribution < -0.4 is 15.5 Å². The largest absolute Gasteiger partial charge is 0.379 e. The molecule has 0 bridgehead atoms. The first-order valence-corrected chi connectivity index (χ1v) is 8.15. The van der Waals surface area contributed by atoms with E-state index in [1.165, 1.54) is 6.33 Å². The van der Waals surface area contributed by atoms with Crippen LogP contribution in [0.15, 0.2) is 24.9 Å². The standard InChI is InChI=1S/C16H23N7O2/c1-22(2)15-6-14(17-9-18-15)20-13-8-25-5-4-11(13)21-16(24)12-7-23(3)10-19-12/h6-7,9-11,13H,4-5,8H2,1-3H3,(H,21,24)(H,17,18,20)/t11-,13+/m0/s1. The number of nitrogens with zero attached hydrogens (tertiary/aromatic N) is 5. The van der Waals surface area contributed by atoms with Gasteiger partial charge in [-0.2, -0.15) is 0 Å². The number of imidazole rings is 1. The van der Waals surface area contributed by atoms with Gasteiger partial charge < -0.3 is 24.8 Å². The Hall–Kier alpha value is -2.68. The van der Waals surface area contributed by atoms with Gasteiger partial charge in [0, 0.05) is 40.0 Å². The minimum Gasteiger partial charge on any atom is -0.379 e. The number of ether oxygens (including phenoxy) is 1. The smallest absolute Gasteiger partial charge is 0.271 e. The molecular formula is C16H23N7O2. The third kappa shape index (κ3) is 4.24. The van der Waals surface area contributed by atoms with Crippen LogP contribution in [0, 0.1) is 0 Å². The van der Waals surface area contributed by atoms with E-state index in [-0.39, 0.29) is 18.0 Å². The Morgan fingerprint density at radius 2 is 2.16 bits per heavy atom. The molecule has 0 aliphatic carbocycles. The summed E-state index contributed by atoms with van der Waals surface area (Å²) in [6, 6.07) is 1.72. The number of hydrogen-bond acceptors (Lipinski definition) is 7. The maximum absolute atomic E-state index is 12.4. The van der Waals surface area contributed by atoms with Crippen LogP contribution in [0.4, 0.5) is 11.6 Å². The summed E-state index contributed by atoms with van der Waals surface area (Å²) in [7, 11) is 5.68. The third-order valence-corrected chi connectivity index (χ3v) is 4.05. The van der Waals surface area contributed by atoms with Crippen molar-refractivity contribution in [3.8, 4) is 0 Å². The number of anilines is 2. The van der Waals surface area contributed by atoms with Gasteiger partial charge in [0.15, 0.2) is 0 Å². The zero-order valence-electron chi connectivity index (χ0n) is 14.6. The Morgan fingerprint density at radius 1 is 1.32 bits per heavy atom. The van der Waals surface area contributed by atoms with Gasteiger partial charge in [-0.15, -0.1) is 0 Å². The van der Waals surface area contributed by atoms with Crippen molar-refractivity contribution in [3.63, 3.8) is 0 Å². The summed E-state index contributed by atoms with van der Waals surface area (Å²) < 4.78 is 7.31. The maximum Gasteiger partial charge on any atom is 0.271 e. The van der Waals surface area contributed by atoms with Crippen LogP contribution in [-0.4, -0.2) is 64.8 Å². The maximum atomic E-state index is 12.4. The summed E-state index contributed by atoms with van der Waals surface area (Å²) in [5.74, 6) is 1.32. The summed E-state index contributed by atoms with van der Waals surface area (Å²) in [4.78, 5) is 26.8. The minimum atomic E-state index is -0.184. The van der Waals surface area contributed by atoms with Gasteiger partial charge >= 0.3 is 0 Å². The molecule has 134 valence electrons. The first-order chi connectivity index (χ1) is 12.0. The highest BCUT2D eigenvalue weighted by Crippen LogP contribution is 2.16. The minimum absolute atomic E-state index is 0.0685. The lowest BCUT2D eigenvalue weighted by Crippen LogP contribution is -2.52. The van der Waals surface area contributed by atoms with Crippen molar-refractivity contribution in [2.75, 3.05) is 37.5 Å². The van der Waals surface area contributed by atoms with Crippen molar-refractivity contribution in [1.82, 2.24) is 24.8 Å².